The summed E-state index contributed by atoms with van der Waals surface area (Å²) in [6, 6.07) is 9.55. The van der Waals surface area contributed by atoms with E-state index >= 15 is 0 Å². The van der Waals surface area contributed by atoms with Gasteiger partial charge in [0, 0.05) is 5.38 Å². The number of hydrogen-bond acceptors (Lipinski definition) is 4. The SMILES string of the molecule is Cc1cscc1C(=O)OOCc1ccccc1. The van der Waals surface area contributed by atoms with Gasteiger partial charge < -0.3 is 0 Å². The first-order chi connectivity index (χ1) is 8.27. The summed E-state index contributed by atoms with van der Waals surface area (Å²) >= 11 is 1.47. The molecular formula is C13H12O3S. The molecule has 4 heteroatoms. The highest BCUT2D eigenvalue weighted by molar-refractivity contribution is 7.08. The van der Waals surface area contributed by atoms with E-state index in [4.69, 9.17) is 9.78 Å². The lowest BCUT2D eigenvalue weighted by atomic mass is 10.2. The van der Waals surface area contributed by atoms with Gasteiger partial charge in [0.2, 0.25) is 0 Å². The summed E-state index contributed by atoms with van der Waals surface area (Å²) in [6.45, 7) is 2.13. The minimum Gasteiger partial charge on any atom is -0.292 e. The summed E-state index contributed by atoms with van der Waals surface area (Å²) in [5.74, 6) is -0.445. The third kappa shape index (κ3) is 3.15. The molecule has 0 aliphatic rings. The van der Waals surface area contributed by atoms with Crippen molar-refractivity contribution in [3.63, 3.8) is 0 Å². The van der Waals surface area contributed by atoms with Gasteiger partial charge in [-0.25, -0.2) is 4.79 Å². The Morgan fingerprint density at radius 2 is 2.00 bits per heavy atom. The van der Waals surface area contributed by atoms with Crippen LogP contribution in [0.2, 0.25) is 0 Å². The van der Waals surface area contributed by atoms with Crippen molar-refractivity contribution >= 4 is 17.3 Å². The Balaban J connectivity index is 1.84. The van der Waals surface area contributed by atoms with Crippen LogP contribution in [0.25, 0.3) is 0 Å². The second-order valence-electron chi connectivity index (χ2n) is 3.59. The van der Waals surface area contributed by atoms with E-state index in [2.05, 4.69) is 0 Å². The molecule has 1 aromatic carbocycles. The molecule has 2 rings (SSSR count). The van der Waals surface area contributed by atoms with Gasteiger partial charge in [-0.2, -0.15) is 16.2 Å². The van der Waals surface area contributed by atoms with Crippen LogP contribution in [0.15, 0.2) is 41.1 Å². The molecule has 2 aromatic rings. The maximum absolute atomic E-state index is 11.6. The fourth-order valence-electron chi connectivity index (χ4n) is 1.34. The van der Waals surface area contributed by atoms with Crippen LogP contribution in [0, 0.1) is 6.92 Å². The molecule has 3 nitrogen and oxygen atoms in total. The summed E-state index contributed by atoms with van der Waals surface area (Å²) in [6.07, 6.45) is 0. The van der Waals surface area contributed by atoms with Gasteiger partial charge in [-0.15, -0.1) is 0 Å². The second kappa shape index (κ2) is 5.61. The van der Waals surface area contributed by atoms with Gasteiger partial charge in [0.15, 0.2) is 0 Å². The summed E-state index contributed by atoms with van der Waals surface area (Å²) < 4.78 is 0. The lowest BCUT2D eigenvalue weighted by Crippen LogP contribution is -2.06. The molecule has 1 aromatic heterocycles. The fourth-order valence-corrected chi connectivity index (χ4v) is 2.16. The molecule has 0 N–H and O–H groups in total. The number of aryl methyl sites for hydroxylation is 1. The Labute approximate surface area is 104 Å². The first-order valence-electron chi connectivity index (χ1n) is 5.18. The fraction of sp³-hybridized carbons (Fsp3) is 0.154. The van der Waals surface area contributed by atoms with Crippen molar-refractivity contribution in [2.24, 2.45) is 0 Å². The van der Waals surface area contributed by atoms with Crippen LogP contribution < -0.4 is 0 Å². The zero-order valence-electron chi connectivity index (χ0n) is 9.38. The van der Waals surface area contributed by atoms with Gasteiger partial charge in [0.25, 0.3) is 0 Å². The molecule has 88 valence electrons. The van der Waals surface area contributed by atoms with Crippen LogP contribution in [-0.4, -0.2) is 5.97 Å². The third-order valence-electron chi connectivity index (χ3n) is 2.28. The number of benzene rings is 1. The van der Waals surface area contributed by atoms with Crippen LogP contribution in [0.4, 0.5) is 0 Å². The maximum Gasteiger partial charge on any atom is 0.374 e. The number of carbonyl (C=O) groups excluding carboxylic acids is 1. The monoisotopic (exact) mass is 248 g/mol. The molecule has 1 heterocycles. The summed E-state index contributed by atoms with van der Waals surface area (Å²) in [5.41, 5.74) is 2.42. The zero-order valence-corrected chi connectivity index (χ0v) is 10.2. The lowest BCUT2D eigenvalue weighted by molar-refractivity contribution is -0.250. The molecule has 0 bridgehead atoms. The van der Waals surface area contributed by atoms with Crippen molar-refractivity contribution in [3.8, 4) is 0 Å². The van der Waals surface area contributed by atoms with Crippen LogP contribution >= 0.6 is 11.3 Å². The minimum absolute atomic E-state index is 0.260. The maximum atomic E-state index is 11.6. The van der Waals surface area contributed by atoms with E-state index in [0.29, 0.717) is 5.56 Å². The first-order valence-corrected chi connectivity index (χ1v) is 6.12. The van der Waals surface area contributed by atoms with E-state index in [1.165, 1.54) is 11.3 Å². The quantitative estimate of drug-likeness (QED) is 0.615. The summed E-state index contributed by atoms with van der Waals surface area (Å²) in [5, 5.41) is 3.65. The Hall–Kier alpha value is -1.65. The van der Waals surface area contributed by atoms with Crippen molar-refractivity contribution in [1.29, 1.82) is 0 Å². The van der Waals surface area contributed by atoms with Crippen molar-refractivity contribution < 1.29 is 14.6 Å². The minimum atomic E-state index is -0.445. The normalized spacial score (nSPS) is 10.2. The highest BCUT2D eigenvalue weighted by Gasteiger charge is 2.12. The number of hydrogen-bond donors (Lipinski definition) is 0. The van der Waals surface area contributed by atoms with E-state index in [1.807, 2.05) is 42.6 Å². The van der Waals surface area contributed by atoms with Gasteiger partial charge in [0.1, 0.15) is 6.61 Å². The van der Waals surface area contributed by atoms with E-state index in [1.54, 1.807) is 5.38 Å². The predicted octanol–water partition coefficient (Wildman–Crippen LogP) is 3.35. The molecular weight excluding hydrogens is 236 g/mol. The van der Waals surface area contributed by atoms with E-state index in [9.17, 15) is 4.79 Å². The molecule has 0 aliphatic heterocycles. The van der Waals surface area contributed by atoms with E-state index in [0.717, 1.165) is 11.1 Å². The lowest BCUT2D eigenvalue weighted by Gasteiger charge is -2.03. The molecule has 0 unspecified atom stereocenters. The average Bonchev–Trinajstić information content (AvgIpc) is 2.77. The number of thiophene rings is 1. The van der Waals surface area contributed by atoms with Crippen LogP contribution in [-0.2, 0) is 16.4 Å². The third-order valence-corrected chi connectivity index (χ3v) is 3.14. The summed E-state index contributed by atoms with van der Waals surface area (Å²) in [7, 11) is 0. The van der Waals surface area contributed by atoms with Gasteiger partial charge in [-0.3, -0.25) is 4.89 Å². The number of rotatable bonds is 4. The molecule has 0 atom stereocenters. The van der Waals surface area contributed by atoms with Gasteiger partial charge in [-0.05, 0) is 23.4 Å². The van der Waals surface area contributed by atoms with E-state index < -0.39 is 5.97 Å². The molecule has 0 radical (unpaired) electrons. The molecule has 0 amide bonds. The Bertz CT molecular complexity index is 490. The van der Waals surface area contributed by atoms with Crippen molar-refractivity contribution in [2.45, 2.75) is 13.5 Å². The predicted molar refractivity (Wildman–Crippen MR) is 65.7 cm³/mol. The molecule has 0 fully saturated rings. The summed E-state index contributed by atoms with van der Waals surface area (Å²) in [4.78, 5) is 21.2. The van der Waals surface area contributed by atoms with Crippen molar-refractivity contribution in [1.82, 2.24) is 0 Å². The van der Waals surface area contributed by atoms with Gasteiger partial charge in [0.05, 0.1) is 5.56 Å². The molecule has 0 saturated heterocycles. The largest absolute Gasteiger partial charge is 0.374 e. The molecule has 0 spiro atoms. The first kappa shape index (κ1) is 11.8. The average molecular weight is 248 g/mol. The molecule has 0 aliphatic carbocycles. The van der Waals surface area contributed by atoms with Gasteiger partial charge in [-0.1, -0.05) is 30.3 Å². The highest BCUT2D eigenvalue weighted by atomic mass is 32.1. The van der Waals surface area contributed by atoms with Gasteiger partial charge >= 0.3 is 5.97 Å². The molecule has 0 saturated carbocycles. The smallest absolute Gasteiger partial charge is 0.292 e. The number of carbonyl (C=O) groups is 1. The Kier molecular flexibility index (Phi) is 3.90. The standard InChI is InChI=1S/C13H12O3S/c1-10-8-17-9-12(10)13(14)16-15-7-11-5-3-2-4-6-11/h2-6,8-9H,7H2,1H3. The second-order valence-corrected chi connectivity index (χ2v) is 4.33. The Morgan fingerprint density at radius 1 is 1.24 bits per heavy atom. The zero-order chi connectivity index (χ0) is 12.1. The topological polar surface area (TPSA) is 35.5 Å². The van der Waals surface area contributed by atoms with Crippen LogP contribution in [0.1, 0.15) is 21.5 Å². The van der Waals surface area contributed by atoms with Crippen LogP contribution in [0.3, 0.4) is 0 Å². The van der Waals surface area contributed by atoms with Crippen molar-refractivity contribution in [3.05, 3.63) is 57.8 Å². The van der Waals surface area contributed by atoms with E-state index in [-0.39, 0.29) is 6.61 Å². The van der Waals surface area contributed by atoms with Crippen molar-refractivity contribution in [2.75, 3.05) is 0 Å². The Morgan fingerprint density at radius 3 is 2.65 bits per heavy atom. The molecule has 17 heavy (non-hydrogen) atoms. The highest BCUT2D eigenvalue weighted by Crippen LogP contribution is 2.15. The van der Waals surface area contributed by atoms with Crippen LogP contribution in [0.5, 0.6) is 0 Å².